The Bertz CT molecular complexity index is 1240. The van der Waals surface area contributed by atoms with Gasteiger partial charge in [-0.15, -0.1) is 0 Å². The lowest BCUT2D eigenvalue weighted by molar-refractivity contribution is 0.0968. The van der Waals surface area contributed by atoms with Crippen LogP contribution in [-0.4, -0.2) is 52.0 Å². The highest BCUT2D eigenvalue weighted by atomic mass is 35.5. The first-order chi connectivity index (χ1) is 17.8. The number of hydrogen-bond acceptors (Lipinski definition) is 9. The number of hydrogen-bond donors (Lipinski definition) is 2. The highest BCUT2D eigenvalue weighted by molar-refractivity contribution is 7.17. The number of nitrogens with one attached hydrogen (secondary N) is 2. The summed E-state index contributed by atoms with van der Waals surface area (Å²) in [4.78, 5) is 35.6. The third kappa shape index (κ3) is 7.14. The van der Waals surface area contributed by atoms with E-state index >= 15 is 0 Å². The van der Waals surface area contributed by atoms with Crippen molar-refractivity contribution in [3.8, 4) is 0 Å². The number of nitrogens with zero attached hydrogens (tertiary/aromatic N) is 6. The van der Waals surface area contributed by atoms with Crippen molar-refractivity contribution in [3.63, 3.8) is 0 Å². The Balaban J connectivity index is 1.48. The van der Waals surface area contributed by atoms with Crippen molar-refractivity contribution in [2.75, 3.05) is 41.3 Å². The van der Waals surface area contributed by atoms with Gasteiger partial charge in [0.1, 0.15) is 16.5 Å². The predicted molar refractivity (Wildman–Crippen MR) is 146 cm³/mol. The molecule has 4 rings (SSSR count). The van der Waals surface area contributed by atoms with Crippen LogP contribution < -0.4 is 20.4 Å². The van der Waals surface area contributed by atoms with Gasteiger partial charge in [0, 0.05) is 49.5 Å². The van der Waals surface area contributed by atoms with E-state index in [0.717, 1.165) is 31.9 Å². The fourth-order valence-electron chi connectivity index (χ4n) is 3.81. The SMILES string of the molecule is CCC(=CCl)NC(=O)c1cnc(Nc2nc(CC(C)C)nc(N3CCN(c4ccc(F)cc4)CC3)n2)s1. The number of aromatic nitrogens is 4. The fourth-order valence-corrected chi connectivity index (χ4v) is 4.72. The van der Waals surface area contributed by atoms with Crippen molar-refractivity contribution < 1.29 is 9.18 Å². The zero-order valence-electron chi connectivity index (χ0n) is 21.0. The summed E-state index contributed by atoms with van der Waals surface area (Å²) in [5.41, 5.74) is 2.99. The number of benzene rings is 1. The molecule has 0 radical (unpaired) electrons. The summed E-state index contributed by atoms with van der Waals surface area (Å²) in [5, 5.41) is 6.42. The Morgan fingerprint density at radius 2 is 1.84 bits per heavy atom. The summed E-state index contributed by atoms with van der Waals surface area (Å²) >= 11 is 6.95. The van der Waals surface area contributed by atoms with E-state index in [1.807, 2.05) is 6.92 Å². The molecule has 0 spiro atoms. The molecule has 0 saturated carbocycles. The first kappa shape index (κ1) is 26.7. The summed E-state index contributed by atoms with van der Waals surface area (Å²) in [6.07, 6.45) is 2.83. The zero-order chi connectivity index (χ0) is 26.4. The maximum absolute atomic E-state index is 13.3. The lowest BCUT2D eigenvalue weighted by Crippen LogP contribution is -2.47. The molecule has 2 N–H and O–H groups in total. The van der Waals surface area contributed by atoms with E-state index in [9.17, 15) is 9.18 Å². The molecule has 9 nitrogen and oxygen atoms in total. The van der Waals surface area contributed by atoms with Gasteiger partial charge in [0.25, 0.3) is 5.91 Å². The number of anilines is 4. The van der Waals surface area contributed by atoms with E-state index in [0.29, 0.717) is 52.2 Å². The van der Waals surface area contributed by atoms with E-state index in [2.05, 4.69) is 49.2 Å². The number of rotatable bonds is 9. The lowest BCUT2D eigenvalue weighted by atomic mass is 10.1. The third-order valence-corrected chi connectivity index (χ3v) is 6.92. The van der Waals surface area contributed by atoms with Crippen LogP contribution >= 0.6 is 22.9 Å². The van der Waals surface area contributed by atoms with Crippen molar-refractivity contribution >= 4 is 51.6 Å². The number of carbonyl (C=O) groups excluding carboxylic acids is 1. The first-order valence-corrected chi connectivity index (χ1v) is 13.4. The molecular formula is C25H30ClFN8OS. The molecule has 1 aliphatic rings. The Hall–Kier alpha value is -3.31. The van der Waals surface area contributed by atoms with Gasteiger partial charge in [-0.2, -0.15) is 15.0 Å². The Kier molecular flexibility index (Phi) is 8.88. The van der Waals surface area contributed by atoms with Gasteiger partial charge in [-0.05, 0) is 36.6 Å². The summed E-state index contributed by atoms with van der Waals surface area (Å²) in [6.45, 7) is 9.11. The van der Waals surface area contributed by atoms with Crippen molar-refractivity contribution in [2.24, 2.45) is 5.92 Å². The Morgan fingerprint density at radius 3 is 2.49 bits per heavy atom. The van der Waals surface area contributed by atoms with Crippen LogP contribution in [0, 0.1) is 11.7 Å². The second kappa shape index (κ2) is 12.3. The van der Waals surface area contributed by atoms with E-state index in [1.165, 1.54) is 35.2 Å². The van der Waals surface area contributed by atoms with Gasteiger partial charge in [-0.1, -0.05) is 43.7 Å². The van der Waals surface area contributed by atoms with E-state index in [-0.39, 0.29) is 11.7 Å². The molecule has 3 heterocycles. The van der Waals surface area contributed by atoms with Gasteiger partial charge in [-0.25, -0.2) is 9.37 Å². The average Bonchev–Trinajstić information content (AvgIpc) is 3.36. The number of amides is 1. The highest BCUT2D eigenvalue weighted by Crippen LogP contribution is 2.24. The quantitative estimate of drug-likeness (QED) is 0.390. The maximum atomic E-state index is 13.3. The molecule has 0 unspecified atom stereocenters. The van der Waals surface area contributed by atoms with Gasteiger partial charge >= 0.3 is 0 Å². The van der Waals surface area contributed by atoms with Crippen molar-refractivity contribution in [1.29, 1.82) is 0 Å². The molecule has 0 atom stereocenters. The molecule has 37 heavy (non-hydrogen) atoms. The van der Waals surface area contributed by atoms with Gasteiger partial charge < -0.3 is 15.1 Å². The minimum absolute atomic E-state index is 0.240. The minimum Gasteiger partial charge on any atom is -0.368 e. The first-order valence-electron chi connectivity index (χ1n) is 12.2. The molecular weight excluding hydrogens is 515 g/mol. The number of halogens is 2. The second-order valence-corrected chi connectivity index (χ2v) is 10.3. The van der Waals surface area contributed by atoms with Gasteiger partial charge in [0.2, 0.25) is 11.9 Å². The van der Waals surface area contributed by atoms with Crippen molar-refractivity contribution in [2.45, 2.75) is 33.6 Å². The number of allylic oxidation sites excluding steroid dienone is 1. The summed E-state index contributed by atoms with van der Waals surface area (Å²) in [7, 11) is 0. The molecule has 1 saturated heterocycles. The normalized spacial score (nSPS) is 14.3. The monoisotopic (exact) mass is 544 g/mol. The standard InChI is InChI=1S/C25H30ClFN8OS/c1-4-18(14-26)29-22(36)20-15-28-25(37-20)33-23-30-21(13-16(2)3)31-24(32-23)35-11-9-34(10-12-35)19-7-5-17(27)6-8-19/h5-8,14-16H,4,9-13H2,1-3H3,(H,29,36)(H,28,30,31,32,33). The Labute approximate surface area is 224 Å². The molecule has 1 fully saturated rings. The second-order valence-electron chi connectivity index (χ2n) is 9.02. The number of thiazole rings is 1. The number of carbonyl (C=O) groups is 1. The molecule has 1 amide bonds. The van der Waals surface area contributed by atoms with Crippen LogP contribution in [0.25, 0.3) is 0 Å². The lowest BCUT2D eigenvalue weighted by Gasteiger charge is -2.36. The van der Waals surface area contributed by atoms with Gasteiger partial charge in [0.05, 0.1) is 6.20 Å². The highest BCUT2D eigenvalue weighted by Gasteiger charge is 2.22. The molecule has 3 aromatic rings. The van der Waals surface area contributed by atoms with E-state index < -0.39 is 0 Å². The predicted octanol–water partition coefficient (Wildman–Crippen LogP) is 4.96. The number of piperazine rings is 1. The van der Waals surface area contributed by atoms with Crippen molar-refractivity contribution in [1.82, 2.24) is 25.3 Å². The topological polar surface area (TPSA) is 99.2 Å². The van der Waals surface area contributed by atoms with E-state index in [4.69, 9.17) is 16.6 Å². The van der Waals surface area contributed by atoms with Crippen LogP contribution in [0.3, 0.4) is 0 Å². The molecule has 0 aliphatic carbocycles. The molecule has 1 aromatic carbocycles. The third-order valence-electron chi connectivity index (χ3n) is 5.75. The largest absolute Gasteiger partial charge is 0.368 e. The van der Waals surface area contributed by atoms with Crippen LogP contribution in [0.2, 0.25) is 0 Å². The molecule has 1 aliphatic heterocycles. The molecule has 2 aromatic heterocycles. The summed E-state index contributed by atoms with van der Waals surface area (Å²) in [6, 6.07) is 6.56. The van der Waals surface area contributed by atoms with Crippen LogP contribution in [0.1, 0.15) is 42.7 Å². The maximum Gasteiger partial charge on any atom is 0.267 e. The Morgan fingerprint density at radius 1 is 1.14 bits per heavy atom. The molecule has 12 heteroatoms. The molecule has 196 valence electrons. The van der Waals surface area contributed by atoms with Crippen LogP contribution in [-0.2, 0) is 6.42 Å². The van der Waals surface area contributed by atoms with Crippen molar-refractivity contribution in [3.05, 3.63) is 58.2 Å². The minimum atomic E-state index is -0.268. The van der Waals surface area contributed by atoms with Gasteiger partial charge in [0.15, 0.2) is 5.13 Å². The van der Waals surface area contributed by atoms with Crippen LogP contribution in [0.5, 0.6) is 0 Å². The molecule has 0 bridgehead atoms. The van der Waals surface area contributed by atoms with Crippen LogP contribution in [0.4, 0.5) is 27.1 Å². The van der Waals surface area contributed by atoms with Gasteiger partial charge in [-0.3, -0.25) is 10.1 Å². The zero-order valence-corrected chi connectivity index (χ0v) is 22.6. The average molecular weight is 545 g/mol. The summed E-state index contributed by atoms with van der Waals surface area (Å²) < 4.78 is 13.3. The smallest absolute Gasteiger partial charge is 0.267 e. The summed E-state index contributed by atoms with van der Waals surface area (Å²) in [5.74, 6) is 1.54. The fraction of sp³-hybridized carbons (Fsp3) is 0.400. The van der Waals surface area contributed by atoms with E-state index in [1.54, 1.807) is 12.1 Å². The van der Waals surface area contributed by atoms with Crippen LogP contribution in [0.15, 0.2) is 41.7 Å².